The predicted molar refractivity (Wildman–Crippen MR) is 204 cm³/mol. The molecule has 2 heterocycles. The lowest BCUT2D eigenvalue weighted by Gasteiger charge is -2.26. The number of furan rings is 2. The lowest BCUT2D eigenvalue weighted by atomic mass is 10.0. The molecule has 0 amide bonds. The van der Waals surface area contributed by atoms with Gasteiger partial charge < -0.3 is 13.7 Å². The summed E-state index contributed by atoms with van der Waals surface area (Å²) in [7, 11) is 0. The van der Waals surface area contributed by atoms with Gasteiger partial charge in [0.15, 0.2) is 0 Å². The number of nitrogens with zero attached hydrogens (tertiary/aromatic N) is 1. The van der Waals surface area contributed by atoms with Gasteiger partial charge in [-0.25, -0.2) is 0 Å². The number of rotatable bonds is 5. The third-order valence-electron chi connectivity index (χ3n) is 9.68. The molecular formula is C46H29NO2. The van der Waals surface area contributed by atoms with Crippen molar-refractivity contribution in [1.82, 2.24) is 0 Å². The van der Waals surface area contributed by atoms with Gasteiger partial charge in [0.2, 0.25) is 0 Å². The molecule has 49 heavy (non-hydrogen) atoms. The Balaban J connectivity index is 1.04. The standard InChI is InChI=1S/C46H29NO2/c1-2-11-33(12-3-1)47(34-25-20-31(21-26-34)37-15-8-17-40-39-14-6-7-19-43(39)48-44(37)40)35-27-22-32(23-28-35)38-16-9-18-41-42-29-24-30-10-4-5-13-36(30)46(42)49-45(38)41/h1-29H. The average Bonchev–Trinajstić information content (AvgIpc) is 3.75. The van der Waals surface area contributed by atoms with Crippen LogP contribution in [0.25, 0.3) is 76.9 Å². The molecule has 0 saturated heterocycles. The molecule has 3 nitrogen and oxygen atoms in total. The van der Waals surface area contributed by atoms with E-state index in [0.29, 0.717) is 0 Å². The van der Waals surface area contributed by atoms with E-state index in [4.69, 9.17) is 8.83 Å². The fourth-order valence-electron chi connectivity index (χ4n) is 7.33. The summed E-state index contributed by atoms with van der Waals surface area (Å²) in [5, 5.41) is 6.86. The lowest BCUT2D eigenvalue weighted by molar-refractivity contribution is 0.670. The number of hydrogen-bond acceptors (Lipinski definition) is 3. The van der Waals surface area contributed by atoms with E-state index in [1.807, 2.05) is 12.1 Å². The Labute approximate surface area is 282 Å². The van der Waals surface area contributed by atoms with Gasteiger partial charge in [-0.05, 0) is 65.0 Å². The number of fused-ring (bicyclic) bond motifs is 8. The Morgan fingerprint density at radius 3 is 1.51 bits per heavy atom. The molecule has 0 radical (unpaired) electrons. The predicted octanol–water partition coefficient (Wildman–Crippen LogP) is 13.4. The zero-order chi connectivity index (χ0) is 32.3. The highest BCUT2D eigenvalue weighted by Crippen LogP contribution is 2.42. The lowest BCUT2D eigenvalue weighted by Crippen LogP contribution is -2.09. The van der Waals surface area contributed by atoms with Crippen molar-refractivity contribution in [3.63, 3.8) is 0 Å². The quantitative estimate of drug-likeness (QED) is 0.190. The molecule has 0 spiro atoms. The van der Waals surface area contributed by atoms with Crippen LogP contribution in [0.15, 0.2) is 185 Å². The molecule has 0 aliphatic heterocycles. The molecule has 3 heteroatoms. The van der Waals surface area contributed by atoms with E-state index in [0.717, 1.165) is 88.6 Å². The Hall–Kier alpha value is -6.58. The van der Waals surface area contributed by atoms with Gasteiger partial charge in [0.05, 0.1) is 0 Å². The van der Waals surface area contributed by atoms with Crippen LogP contribution in [0.1, 0.15) is 0 Å². The molecule has 0 N–H and O–H groups in total. The van der Waals surface area contributed by atoms with Crippen molar-refractivity contribution in [3.8, 4) is 22.3 Å². The van der Waals surface area contributed by atoms with Gasteiger partial charge in [0, 0.05) is 55.1 Å². The second-order valence-corrected chi connectivity index (χ2v) is 12.5. The summed E-state index contributed by atoms with van der Waals surface area (Å²) < 4.78 is 13.0. The van der Waals surface area contributed by atoms with Crippen molar-refractivity contribution in [2.75, 3.05) is 4.90 Å². The molecule has 0 atom stereocenters. The van der Waals surface area contributed by atoms with Gasteiger partial charge in [0.25, 0.3) is 0 Å². The summed E-state index contributed by atoms with van der Waals surface area (Å²) in [6, 6.07) is 61.9. The van der Waals surface area contributed by atoms with Gasteiger partial charge in [-0.3, -0.25) is 0 Å². The van der Waals surface area contributed by atoms with E-state index in [2.05, 4.69) is 169 Å². The van der Waals surface area contributed by atoms with Crippen molar-refractivity contribution < 1.29 is 8.83 Å². The number of benzene rings is 8. The van der Waals surface area contributed by atoms with Crippen molar-refractivity contribution in [1.29, 1.82) is 0 Å². The first kappa shape index (κ1) is 27.5. The van der Waals surface area contributed by atoms with Gasteiger partial charge >= 0.3 is 0 Å². The summed E-state index contributed by atoms with van der Waals surface area (Å²) in [4.78, 5) is 2.29. The second-order valence-electron chi connectivity index (χ2n) is 12.5. The Bertz CT molecular complexity index is 2810. The first-order chi connectivity index (χ1) is 24.3. The molecule has 0 bridgehead atoms. The van der Waals surface area contributed by atoms with E-state index < -0.39 is 0 Å². The molecule has 0 aliphatic carbocycles. The molecule has 0 fully saturated rings. The highest BCUT2D eigenvalue weighted by molar-refractivity contribution is 6.17. The van der Waals surface area contributed by atoms with E-state index in [1.54, 1.807) is 0 Å². The topological polar surface area (TPSA) is 29.5 Å². The minimum absolute atomic E-state index is 0.908. The fraction of sp³-hybridized carbons (Fsp3) is 0. The van der Waals surface area contributed by atoms with Gasteiger partial charge in [0.1, 0.15) is 22.3 Å². The molecule has 230 valence electrons. The normalized spacial score (nSPS) is 11.7. The largest absolute Gasteiger partial charge is 0.455 e. The van der Waals surface area contributed by atoms with Crippen LogP contribution in [-0.2, 0) is 0 Å². The van der Waals surface area contributed by atoms with Crippen LogP contribution in [0.2, 0.25) is 0 Å². The van der Waals surface area contributed by atoms with Gasteiger partial charge in [-0.1, -0.05) is 127 Å². The maximum absolute atomic E-state index is 6.64. The maximum Gasteiger partial charge on any atom is 0.143 e. The van der Waals surface area contributed by atoms with E-state index >= 15 is 0 Å². The van der Waals surface area contributed by atoms with E-state index in [-0.39, 0.29) is 0 Å². The fourth-order valence-corrected chi connectivity index (χ4v) is 7.33. The SMILES string of the molecule is c1ccc(N(c2ccc(-c3cccc4c3oc3ccccc34)cc2)c2ccc(-c3cccc4c3oc3c5ccccc5ccc43)cc2)cc1. The third kappa shape index (κ3) is 4.44. The molecular weight excluding hydrogens is 599 g/mol. The molecule has 0 saturated carbocycles. The van der Waals surface area contributed by atoms with Crippen LogP contribution in [0, 0.1) is 0 Å². The summed E-state index contributed by atoms with van der Waals surface area (Å²) in [6.07, 6.45) is 0. The van der Waals surface area contributed by atoms with Crippen LogP contribution in [0.5, 0.6) is 0 Å². The Morgan fingerprint density at radius 1 is 0.306 bits per heavy atom. The molecule has 2 aromatic heterocycles. The number of hydrogen-bond donors (Lipinski definition) is 0. The summed E-state index contributed by atoms with van der Waals surface area (Å²) >= 11 is 0. The van der Waals surface area contributed by atoms with Crippen molar-refractivity contribution in [2.45, 2.75) is 0 Å². The van der Waals surface area contributed by atoms with Crippen LogP contribution in [0.4, 0.5) is 17.1 Å². The summed E-state index contributed by atoms with van der Waals surface area (Å²) in [6.45, 7) is 0. The van der Waals surface area contributed by atoms with E-state index in [9.17, 15) is 0 Å². The monoisotopic (exact) mass is 627 g/mol. The molecule has 0 aliphatic rings. The van der Waals surface area contributed by atoms with Crippen molar-refractivity contribution >= 4 is 71.7 Å². The van der Waals surface area contributed by atoms with Crippen LogP contribution < -0.4 is 4.90 Å². The second kappa shape index (κ2) is 11.0. The Morgan fingerprint density at radius 2 is 0.816 bits per heavy atom. The highest BCUT2D eigenvalue weighted by Gasteiger charge is 2.17. The minimum Gasteiger partial charge on any atom is -0.455 e. The zero-order valence-electron chi connectivity index (χ0n) is 26.5. The molecule has 0 unspecified atom stereocenters. The first-order valence-electron chi connectivity index (χ1n) is 16.6. The molecule has 10 aromatic rings. The summed E-state index contributed by atoms with van der Waals surface area (Å²) in [5.41, 5.74) is 11.3. The number of para-hydroxylation sites is 4. The molecule has 8 aromatic carbocycles. The van der Waals surface area contributed by atoms with E-state index in [1.165, 1.54) is 5.39 Å². The van der Waals surface area contributed by atoms with Crippen LogP contribution in [-0.4, -0.2) is 0 Å². The summed E-state index contributed by atoms with van der Waals surface area (Å²) in [5.74, 6) is 0. The number of anilines is 3. The van der Waals surface area contributed by atoms with Gasteiger partial charge in [-0.2, -0.15) is 0 Å². The third-order valence-corrected chi connectivity index (χ3v) is 9.68. The van der Waals surface area contributed by atoms with Crippen molar-refractivity contribution in [3.05, 3.63) is 176 Å². The Kier molecular flexibility index (Phi) is 6.18. The first-order valence-corrected chi connectivity index (χ1v) is 16.6. The van der Waals surface area contributed by atoms with Crippen LogP contribution >= 0.6 is 0 Å². The minimum atomic E-state index is 0.908. The maximum atomic E-state index is 6.64. The zero-order valence-corrected chi connectivity index (χ0v) is 26.5. The molecule has 10 rings (SSSR count). The smallest absolute Gasteiger partial charge is 0.143 e. The van der Waals surface area contributed by atoms with Crippen molar-refractivity contribution in [2.24, 2.45) is 0 Å². The van der Waals surface area contributed by atoms with Crippen LogP contribution in [0.3, 0.4) is 0 Å². The van der Waals surface area contributed by atoms with Gasteiger partial charge in [-0.15, -0.1) is 0 Å². The highest BCUT2D eigenvalue weighted by atomic mass is 16.3. The average molecular weight is 628 g/mol.